The third-order valence-corrected chi connectivity index (χ3v) is 3.04. The Kier molecular flexibility index (Phi) is 5.09. The summed E-state index contributed by atoms with van der Waals surface area (Å²) < 4.78 is 0. The summed E-state index contributed by atoms with van der Waals surface area (Å²) in [7, 11) is 0. The zero-order valence-corrected chi connectivity index (χ0v) is 13.5. The summed E-state index contributed by atoms with van der Waals surface area (Å²) in [5.74, 6) is 0.639. The average Bonchev–Trinajstić information content (AvgIpc) is 2.44. The molecule has 0 atom stereocenters. The summed E-state index contributed by atoms with van der Waals surface area (Å²) >= 11 is 0. The summed E-state index contributed by atoms with van der Waals surface area (Å²) in [5, 5.41) is 5.99. The van der Waals surface area contributed by atoms with E-state index in [9.17, 15) is 4.79 Å². The predicted octanol–water partition coefficient (Wildman–Crippen LogP) is 3.22. The molecule has 2 aromatic rings. The van der Waals surface area contributed by atoms with E-state index in [4.69, 9.17) is 0 Å². The van der Waals surface area contributed by atoms with Crippen molar-refractivity contribution >= 4 is 17.5 Å². The molecule has 1 aromatic heterocycles. The number of nitrogens with one attached hydrogen (secondary N) is 2. The van der Waals surface area contributed by atoms with Crippen molar-refractivity contribution in [2.24, 2.45) is 5.92 Å². The van der Waals surface area contributed by atoms with Crippen molar-refractivity contribution in [1.29, 1.82) is 0 Å². The number of rotatable bonds is 5. The fraction of sp³-hybridized carbons (Fsp3) is 0.353. The molecule has 0 spiro atoms. The Morgan fingerprint density at radius 2 is 1.86 bits per heavy atom. The third-order valence-electron chi connectivity index (χ3n) is 3.04. The number of carbonyl (C=O) groups excluding carboxylic acids is 1. The minimum Gasteiger partial charge on any atom is -0.350 e. The van der Waals surface area contributed by atoms with E-state index >= 15 is 0 Å². The molecule has 2 rings (SSSR count). The molecule has 22 heavy (non-hydrogen) atoms. The fourth-order valence-corrected chi connectivity index (χ4v) is 2.11. The van der Waals surface area contributed by atoms with Crippen LogP contribution in [0.15, 0.2) is 30.5 Å². The number of nitrogens with zero attached hydrogens (tertiary/aromatic N) is 2. The van der Waals surface area contributed by atoms with Crippen molar-refractivity contribution in [3.05, 3.63) is 47.3 Å². The molecule has 0 saturated carbocycles. The minimum absolute atomic E-state index is 0.181. The van der Waals surface area contributed by atoms with Gasteiger partial charge in [0.25, 0.3) is 5.91 Å². The highest BCUT2D eigenvalue weighted by atomic mass is 16.1. The Morgan fingerprint density at radius 1 is 1.18 bits per heavy atom. The van der Waals surface area contributed by atoms with Crippen LogP contribution in [0.25, 0.3) is 0 Å². The maximum absolute atomic E-state index is 12.0. The minimum atomic E-state index is -0.181. The molecule has 1 amide bonds. The molecule has 0 aliphatic rings. The second-order valence-electron chi connectivity index (χ2n) is 5.87. The first-order valence-corrected chi connectivity index (χ1v) is 7.40. The van der Waals surface area contributed by atoms with Crippen LogP contribution < -0.4 is 10.6 Å². The standard InChI is InChI=1S/C17H22N4O/c1-11(2)10-19-16(22)15-5-6-18-17(21-15)20-14-8-12(3)7-13(4)9-14/h5-9,11H,10H2,1-4H3,(H,19,22)(H,18,20,21). The van der Waals surface area contributed by atoms with E-state index in [2.05, 4.69) is 26.7 Å². The van der Waals surface area contributed by atoms with E-state index < -0.39 is 0 Å². The van der Waals surface area contributed by atoms with Crippen molar-refractivity contribution < 1.29 is 4.79 Å². The van der Waals surface area contributed by atoms with Gasteiger partial charge in [0.1, 0.15) is 5.69 Å². The lowest BCUT2D eigenvalue weighted by molar-refractivity contribution is 0.0944. The molecule has 0 bridgehead atoms. The Morgan fingerprint density at radius 3 is 2.50 bits per heavy atom. The molecule has 0 radical (unpaired) electrons. The van der Waals surface area contributed by atoms with E-state index in [-0.39, 0.29) is 5.91 Å². The van der Waals surface area contributed by atoms with E-state index in [1.807, 2.05) is 39.8 Å². The lowest BCUT2D eigenvalue weighted by atomic mass is 10.1. The van der Waals surface area contributed by atoms with E-state index in [1.165, 1.54) is 0 Å². The van der Waals surface area contributed by atoms with Gasteiger partial charge in [-0.2, -0.15) is 0 Å². The number of benzene rings is 1. The van der Waals surface area contributed by atoms with Gasteiger partial charge in [-0.25, -0.2) is 9.97 Å². The number of anilines is 2. The van der Waals surface area contributed by atoms with Gasteiger partial charge in [-0.3, -0.25) is 4.79 Å². The molecule has 5 nitrogen and oxygen atoms in total. The highest BCUT2D eigenvalue weighted by Crippen LogP contribution is 2.17. The maximum Gasteiger partial charge on any atom is 0.270 e. The van der Waals surface area contributed by atoms with Crippen LogP contribution >= 0.6 is 0 Å². The second kappa shape index (κ2) is 7.02. The van der Waals surface area contributed by atoms with E-state index in [1.54, 1.807) is 12.3 Å². The van der Waals surface area contributed by atoms with Crippen LogP contribution in [0.4, 0.5) is 11.6 Å². The first-order chi connectivity index (χ1) is 10.4. The smallest absolute Gasteiger partial charge is 0.270 e. The van der Waals surface area contributed by atoms with E-state index in [0.29, 0.717) is 24.1 Å². The number of hydrogen-bond donors (Lipinski definition) is 2. The van der Waals surface area contributed by atoms with Crippen LogP contribution in [0, 0.1) is 19.8 Å². The van der Waals surface area contributed by atoms with Gasteiger partial charge in [-0.1, -0.05) is 19.9 Å². The Bertz CT molecular complexity index is 647. The van der Waals surface area contributed by atoms with Gasteiger partial charge in [0.05, 0.1) is 0 Å². The summed E-state index contributed by atoms with van der Waals surface area (Å²) in [4.78, 5) is 20.5. The molecule has 0 saturated heterocycles. The molecular weight excluding hydrogens is 276 g/mol. The molecule has 5 heteroatoms. The van der Waals surface area contributed by atoms with Crippen LogP contribution in [-0.2, 0) is 0 Å². The largest absolute Gasteiger partial charge is 0.350 e. The molecule has 0 unspecified atom stereocenters. The number of aromatic nitrogens is 2. The van der Waals surface area contributed by atoms with Gasteiger partial charge >= 0.3 is 0 Å². The molecule has 0 aliphatic heterocycles. The average molecular weight is 298 g/mol. The van der Waals surface area contributed by atoms with Crippen LogP contribution in [-0.4, -0.2) is 22.4 Å². The van der Waals surface area contributed by atoms with Gasteiger partial charge in [0.15, 0.2) is 0 Å². The molecule has 1 aromatic carbocycles. The molecule has 2 N–H and O–H groups in total. The third kappa shape index (κ3) is 4.55. The Balaban J connectivity index is 2.12. The zero-order chi connectivity index (χ0) is 16.1. The van der Waals surface area contributed by atoms with Gasteiger partial charge in [0, 0.05) is 18.4 Å². The van der Waals surface area contributed by atoms with Crippen LogP contribution in [0.5, 0.6) is 0 Å². The zero-order valence-electron chi connectivity index (χ0n) is 13.5. The summed E-state index contributed by atoms with van der Waals surface area (Å²) in [6.45, 7) is 8.80. The van der Waals surface area contributed by atoms with Crippen LogP contribution in [0.1, 0.15) is 35.5 Å². The quantitative estimate of drug-likeness (QED) is 0.889. The van der Waals surface area contributed by atoms with Crippen molar-refractivity contribution in [2.75, 3.05) is 11.9 Å². The SMILES string of the molecule is Cc1cc(C)cc(Nc2nccc(C(=O)NCC(C)C)n2)c1. The van der Waals surface area contributed by atoms with Crippen molar-refractivity contribution in [3.63, 3.8) is 0 Å². The highest BCUT2D eigenvalue weighted by Gasteiger charge is 2.09. The first-order valence-electron chi connectivity index (χ1n) is 7.40. The maximum atomic E-state index is 12.0. The van der Waals surface area contributed by atoms with Gasteiger partial charge in [-0.05, 0) is 49.1 Å². The topological polar surface area (TPSA) is 66.9 Å². The Hall–Kier alpha value is -2.43. The normalized spacial score (nSPS) is 10.6. The van der Waals surface area contributed by atoms with Crippen molar-refractivity contribution in [1.82, 2.24) is 15.3 Å². The molecule has 0 fully saturated rings. The van der Waals surface area contributed by atoms with Gasteiger partial charge in [-0.15, -0.1) is 0 Å². The number of carbonyl (C=O) groups is 1. The number of hydrogen-bond acceptors (Lipinski definition) is 4. The molecule has 116 valence electrons. The summed E-state index contributed by atoms with van der Waals surface area (Å²) in [5.41, 5.74) is 3.60. The second-order valence-corrected chi connectivity index (χ2v) is 5.87. The molecule has 0 aliphatic carbocycles. The van der Waals surface area contributed by atoms with Crippen molar-refractivity contribution in [2.45, 2.75) is 27.7 Å². The van der Waals surface area contributed by atoms with Crippen LogP contribution in [0.3, 0.4) is 0 Å². The van der Waals surface area contributed by atoms with Crippen molar-refractivity contribution in [3.8, 4) is 0 Å². The summed E-state index contributed by atoms with van der Waals surface area (Å²) in [6.07, 6.45) is 1.59. The first kappa shape index (κ1) is 15.9. The Labute approximate surface area is 131 Å². The monoisotopic (exact) mass is 298 g/mol. The predicted molar refractivity (Wildman–Crippen MR) is 88.4 cm³/mol. The number of aryl methyl sites for hydroxylation is 2. The molecule has 1 heterocycles. The van der Waals surface area contributed by atoms with Gasteiger partial charge in [0.2, 0.25) is 5.95 Å². The van der Waals surface area contributed by atoms with Crippen LogP contribution in [0.2, 0.25) is 0 Å². The summed E-state index contributed by atoms with van der Waals surface area (Å²) in [6, 6.07) is 7.74. The molecular formula is C17H22N4O. The van der Waals surface area contributed by atoms with E-state index in [0.717, 1.165) is 16.8 Å². The highest BCUT2D eigenvalue weighted by molar-refractivity contribution is 5.92. The lowest BCUT2D eigenvalue weighted by Crippen LogP contribution is -2.28. The fourth-order valence-electron chi connectivity index (χ4n) is 2.11. The lowest BCUT2D eigenvalue weighted by Gasteiger charge is -2.09. The number of amides is 1. The van der Waals surface area contributed by atoms with Gasteiger partial charge < -0.3 is 10.6 Å².